The summed E-state index contributed by atoms with van der Waals surface area (Å²) in [5.41, 5.74) is 1.46. The second kappa shape index (κ2) is 12.5. The number of anilines is 2. The average molecular weight is 456 g/mol. The molecule has 9 heteroatoms. The van der Waals surface area contributed by atoms with E-state index >= 15 is 0 Å². The number of urea groups is 2. The lowest BCUT2D eigenvalue weighted by Crippen LogP contribution is -2.51. The smallest absolute Gasteiger partial charge is 0.321 e. The van der Waals surface area contributed by atoms with Crippen molar-refractivity contribution in [3.63, 3.8) is 0 Å². The molecule has 0 saturated carbocycles. The van der Waals surface area contributed by atoms with Gasteiger partial charge in [0, 0.05) is 50.6 Å². The molecule has 0 bridgehead atoms. The molecule has 0 aromatic heterocycles. The fourth-order valence-electron chi connectivity index (χ4n) is 3.48. The van der Waals surface area contributed by atoms with Crippen molar-refractivity contribution in [2.45, 2.75) is 13.8 Å². The molecule has 9 nitrogen and oxygen atoms in total. The van der Waals surface area contributed by atoms with Gasteiger partial charge in [0.05, 0.1) is 13.2 Å². The zero-order valence-electron chi connectivity index (χ0n) is 19.3. The SMILES string of the molecule is CCOc1ccc(NC(=O)NCCN2CCN(C(=O)Nc3ccc(OCC)cc3)CC2)cc1. The van der Waals surface area contributed by atoms with Crippen LogP contribution in [0, 0.1) is 0 Å². The lowest BCUT2D eigenvalue weighted by Gasteiger charge is -2.34. The van der Waals surface area contributed by atoms with E-state index in [1.165, 1.54) is 0 Å². The van der Waals surface area contributed by atoms with Gasteiger partial charge < -0.3 is 30.3 Å². The summed E-state index contributed by atoms with van der Waals surface area (Å²) in [7, 11) is 0. The number of carbonyl (C=O) groups is 2. The predicted molar refractivity (Wildman–Crippen MR) is 129 cm³/mol. The van der Waals surface area contributed by atoms with Crippen LogP contribution < -0.4 is 25.4 Å². The van der Waals surface area contributed by atoms with Gasteiger partial charge in [-0.25, -0.2) is 9.59 Å². The van der Waals surface area contributed by atoms with Gasteiger partial charge in [0.1, 0.15) is 11.5 Å². The minimum Gasteiger partial charge on any atom is -0.494 e. The lowest BCUT2D eigenvalue weighted by atomic mass is 10.3. The molecule has 0 spiro atoms. The zero-order chi connectivity index (χ0) is 23.5. The number of carbonyl (C=O) groups excluding carboxylic acids is 2. The number of nitrogens with one attached hydrogen (secondary N) is 3. The molecule has 0 radical (unpaired) electrons. The number of rotatable bonds is 9. The fraction of sp³-hybridized carbons (Fsp3) is 0.417. The van der Waals surface area contributed by atoms with E-state index < -0.39 is 0 Å². The van der Waals surface area contributed by atoms with E-state index in [9.17, 15) is 9.59 Å². The van der Waals surface area contributed by atoms with E-state index in [1.807, 2.05) is 62.4 Å². The summed E-state index contributed by atoms with van der Waals surface area (Å²) in [4.78, 5) is 28.6. The second-order valence-electron chi connectivity index (χ2n) is 7.55. The summed E-state index contributed by atoms with van der Waals surface area (Å²) in [5.74, 6) is 1.56. The molecule has 3 rings (SSSR count). The molecule has 2 aromatic rings. The molecule has 1 heterocycles. The Morgan fingerprint density at radius 2 is 1.30 bits per heavy atom. The van der Waals surface area contributed by atoms with Crippen molar-refractivity contribution >= 4 is 23.4 Å². The minimum atomic E-state index is -0.243. The van der Waals surface area contributed by atoms with Crippen LogP contribution >= 0.6 is 0 Å². The number of piperazine rings is 1. The number of amides is 4. The molecule has 0 unspecified atom stereocenters. The normalized spacial score (nSPS) is 13.8. The van der Waals surface area contributed by atoms with Crippen LogP contribution in [0.1, 0.15) is 13.8 Å². The van der Waals surface area contributed by atoms with E-state index in [1.54, 1.807) is 4.90 Å². The van der Waals surface area contributed by atoms with Crippen LogP contribution in [-0.4, -0.2) is 74.3 Å². The minimum absolute atomic E-state index is 0.105. The monoisotopic (exact) mass is 455 g/mol. The molecule has 1 saturated heterocycles. The van der Waals surface area contributed by atoms with E-state index in [0.717, 1.165) is 36.8 Å². The van der Waals surface area contributed by atoms with Crippen molar-refractivity contribution in [2.24, 2.45) is 0 Å². The van der Waals surface area contributed by atoms with Crippen LogP contribution in [0.3, 0.4) is 0 Å². The van der Waals surface area contributed by atoms with Crippen molar-refractivity contribution in [3.05, 3.63) is 48.5 Å². The third-order valence-corrected chi connectivity index (χ3v) is 5.21. The first kappa shape index (κ1) is 24.2. The van der Waals surface area contributed by atoms with Gasteiger partial charge >= 0.3 is 12.1 Å². The number of ether oxygens (including phenoxy) is 2. The zero-order valence-corrected chi connectivity index (χ0v) is 19.3. The highest BCUT2D eigenvalue weighted by Gasteiger charge is 2.21. The summed E-state index contributed by atoms with van der Waals surface area (Å²) < 4.78 is 10.8. The third kappa shape index (κ3) is 7.87. The van der Waals surface area contributed by atoms with Crippen molar-refractivity contribution in [1.82, 2.24) is 15.1 Å². The first-order valence-corrected chi connectivity index (χ1v) is 11.4. The molecule has 2 aromatic carbocycles. The highest BCUT2D eigenvalue weighted by molar-refractivity contribution is 5.90. The molecule has 3 N–H and O–H groups in total. The van der Waals surface area contributed by atoms with Crippen LogP contribution in [0.5, 0.6) is 11.5 Å². The van der Waals surface area contributed by atoms with Gasteiger partial charge in [-0.1, -0.05) is 0 Å². The maximum absolute atomic E-state index is 12.5. The molecular weight excluding hydrogens is 422 g/mol. The van der Waals surface area contributed by atoms with E-state index in [-0.39, 0.29) is 12.1 Å². The quantitative estimate of drug-likeness (QED) is 0.538. The Morgan fingerprint density at radius 3 is 1.82 bits per heavy atom. The number of hydrogen-bond acceptors (Lipinski definition) is 5. The topological polar surface area (TPSA) is 95.2 Å². The van der Waals surface area contributed by atoms with Crippen LogP contribution in [0.4, 0.5) is 21.0 Å². The van der Waals surface area contributed by atoms with E-state index in [2.05, 4.69) is 20.9 Å². The van der Waals surface area contributed by atoms with Gasteiger partial charge in [0.25, 0.3) is 0 Å². The third-order valence-electron chi connectivity index (χ3n) is 5.21. The van der Waals surface area contributed by atoms with Crippen molar-refractivity contribution in [3.8, 4) is 11.5 Å². The van der Waals surface area contributed by atoms with Crippen LogP contribution in [-0.2, 0) is 0 Å². The van der Waals surface area contributed by atoms with Crippen molar-refractivity contribution in [1.29, 1.82) is 0 Å². The van der Waals surface area contributed by atoms with E-state index in [0.29, 0.717) is 38.5 Å². The second-order valence-corrected chi connectivity index (χ2v) is 7.55. The van der Waals surface area contributed by atoms with E-state index in [4.69, 9.17) is 9.47 Å². The maximum Gasteiger partial charge on any atom is 0.321 e. The van der Waals surface area contributed by atoms with Crippen LogP contribution in [0.2, 0.25) is 0 Å². The van der Waals surface area contributed by atoms with Gasteiger partial charge in [-0.2, -0.15) is 0 Å². The van der Waals surface area contributed by atoms with Crippen LogP contribution in [0.25, 0.3) is 0 Å². The molecule has 4 amide bonds. The molecule has 1 fully saturated rings. The lowest BCUT2D eigenvalue weighted by molar-refractivity contribution is 0.148. The number of hydrogen-bond donors (Lipinski definition) is 3. The average Bonchev–Trinajstić information content (AvgIpc) is 2.82. The Morgan fingerprint density at radius 1 is 0.788 bits per heavy atom. The Kier molecular flexibility index (Phi) is 9.19. The largest absolute Gasteiger partial charge is 0.494 e. The standard InChI is InChI=1S/C24H33N5O4/c1-3-32-21-9-5-19(6-10-21)26-23(30)25-13-14-28-15-17-29(18-16-28)24(31)27-20-7-11-22(12-8-20)33-4-2/h5-12H,3-4,13-18H2,1-2H3,(H,27,31)(H2,25,26,30). The summed E-state index contributed by atoms with van der Waals surface area (Å²) in [5, 5.41) is 8.61. The molecule has 33 heavy (non-hydrogen) atoms. The Bertz CT molecular complexity index is 878. The van der Waals surface area contributed by atoms with Crippen LogP contribution in [0.15, 0.2) is 48.5 Å². The Hall–Kier alpha value is -3.46. The van der Waals surface area contributed by atoms with Gasteiger partial charge in [-0.15, -0.1) is 0 Å². The first-order chi connectivity index (χ1) is 16.1. The number of nitrogens with zero attached hydrogens (tertiary/aromatic N) is 2. The number of benzene rings is 2. The molecular formula is C24H33N5O4. The summed E-state index contributed by atoms with van der Waals surface area (Å²) in [6, 6.07) is 14.3. The van der Waals surface area contributed by atoms with Crippen molar-refractivity contribution < 1.29 is 19.1 Å². The van der Waals surface area contributed by atoms with Gasteiger partial charge in [-0.05, 0) is 62.4 Å². The fourth-order valence-corrected chi connectivity index (χ4v) is 3.48. The summed E-state index contributed by atoms with van der Waals surface area (Å²) in [6.07, 6.45) is 0. The molecule has 1 aliphatic heterocycles. The maximum atomic E-state index is 12.5. The molecule has 178 valence electrons. The molecule has 0 aliphatic carbocycles. The molecule has 0 atom stereocenters. The van der Waals surface area contributed by atoms with Crippen molar-refractivity contribution in [2.75, 3.05) is 63.1 Å². The van der Waals surface area contributed by atoms with Gasteiger partial charge in [0.15, 0.2) is 0 Å². The van der Waals surface area contributed by atoms with Gasteiger partial charge in [-0.3, -0.25) is 4.90 Å². The van der Waals surface area contributed by atoms with Gasteiger partial charge in [0.2, 0.25) is 0 Å². The highest BCUT2D eigenvalue weighted by Crippen LogP contribution is 2.17. The predicted octanol–water partition coefficient (Wildman–Crippen LogP) is 3.46. The Labute approximate surface area is 195 Å². The summed E-state index contributed by atoms with van der Waals surface area (Å²) in [6.45, 7) is 9.14. The first-order valence-electron chi connectivity index (χ1n) is 11.4. The summed E-state index contributed by atoms with van der Waals surface area (Å²) >= 11 is 0. The highest BCUT2D eigenvalue weighted by atomic mass is 16.5. The Balaban J connectivity index is 1.32. The molecule has 1 aliphatic rings.